The number of methoxy groups -OCH3 is 2. The number of nitrogens with one attached hydrogen (secondary N) is 1. The van der Waals surface area contributed by atoms with Gasteiger partial charge in [-0.2, -0.15) is 0 Å². The van der Waals surface area contributed by atoms with Crippen molar-refractivity contribution in [3.63, 3.8) is 0 Å². The predicted octanol–water partition coefficient (Wildman–Crippen LogP) is 2.75. The largest absolute Gasteiger partial charge is 0.495 e. The number of thioether (sulfide) groups is 1. The molecule has 2 aliphatic rings. The van der Waals surface area contributed by atoms with Crippen molar-refractivity contribution in [1.29, 1.82) is 0 Å². The first-order valence-corrected chi connectivity index (χ1v) is 8.94. The molecular formula is C16H19ClN2O4S. The molecule has 130 valence electrons. The molecule has 1 N–H and O–H groups in total. The number of hydrogen-bond donors (Lipinski definition) is 1. The van der Waals surface area contributed by atoms with Gasteiger partial charge in [-0.15, -0.1) is 11.8 Å². The highest BCUT2D eigenvalue weighted by atomic mass is 35.5. The van der Waals surface area contributed by atoms with Gasteiger partial charge in [0.05, 0.1) is 29.8 Å². The number of carbonyl (C=O) groups is 2. The predicted molar refractivity (Wildman–Crippen MR) is 93.9 cm³/mol. The minimum Gasteiger partial charge on any atom is -0.495 e. The number of fused-ring (bicyclic) bond motifs is 1. The van der Waals surface area contributed by atoms with Gasteiger partial charge in [0.1, 0.15) is 17.5 Å². The second-order valence-electron chi connectivity index (χ2n) is 5.94. The van der Waals surface area contributed by atoms with Crippen LogP contribution in [-0.4, -0.2) is 47.6 Å². The number of hydrogen-bond acceptors (Lipinski definition) is 5. The monoisotopic (exact) mass is 370 g/mol. The number of carbonyl (C=O) groups excluding carboxylic acids is 2. The van der Waals surface area contributed by atoms with Crippen LogP contribution in [0.1, 0.15) is 19.8 Å². The molecule has 2 fully saturated rings. The van der Waals surface area contributed by atoms with E-state index in [1.807, 2.05) is 6.92 Å². The number of benzene rings is 1. The summed E-state index contributed by atoms with van der Waals surface area (Å²) in [5.74, 6) is 1.29. The Labute approximate surface area is 149 Å². The highest BCUT2D eigenvalue weighted by Crippen LogP contribution is 2.47. The highest BCUT2D eigenvalue weighted by Gasteiger charge is 2.52. The van der Waals surface area contributed by atoms with E-state index in [0.29, 0.717) is 34.4 Å². The molecule has 2 heterocycles. The standard InChI is InChI=1S/C16H19ClN2O4S/c1-16-5-4-14(20)19(16)11(8-24-16)15(21)18-10-6-9(17)12(22-2)7-13(10)23-3/h6-7,11H,4-5,8H2,1-3H3,(H,18,21)/t11-,16+/m1/s1. The van der Waals surface area contributed by atoms with E-state index in [9.17, 15) is 9.59 Å². The van der Waals surface area contributed by atoms with Crippen LogP contribution in [0.15, 0.2) is 12.1 Å². The van der Waals surface area contributed by atoms with Crippen LogP contribution in [0.2, 0.25) is 5.02 Å². The van der Waals surface area contributed by atoms with Gasteiger partial charge in [-0.1, -0.05) is 11.6 Å². The maximum atomic E-state index is 12.7. The fraction of sp³-hybridized carbons (Fsp3) is 0.500. The summed E-state index contributed by atoms with van der Waals surface area (Å²) in [5.41, 5.74) is 0.457. The summed E-state index contributed by atoms with van der Waals surface area (Å²) < 4.78 is 10.4. The lowest BCUT2D eigenvalue weighted by Crippen LogP contribution is -2.48. The Morgan fingerprint density at radius 3 is 2.75 bits per heavy atom. The highest BCUT2D eigenvalue weighted by molar-refractivity contribution is 8.01. The van der Waals surface area contributed by atoms with Crippen molar-refractivity contribution >= 4 is 40.9 Å². The Hall–Kier alpha value is -1.60. The van der Waals surface area contributed by atoms with E-state index in [0.717, 1.165) is 6.42 Å². The first-order valence-electron chi connectivity index (χ1n) is 7.58. The zero-order valence-electron chi connectivity index (χ0n) is 13.7. The van der Waals surface area contributed by atoms with Gasteiger partial charge in [0.2, 0.25) is 11.8 Å². The van der Waals surface area contributed by atoms with Crippen LogP contribution in [0.25, 0.3) is 0 Å². The molecule has 2 amide bonds. The number of rotatable bonds is 4. The summed E-state index contributed by atoms with van der Waals surface area (Å²) in [6.07, 6.45) is 1.27. The smallest absolute Gasteiger partial charge is 0.248 e. The Bertz CT molecular complexity index is 699. The first-order chi connectivity index (χ1) is 11.4. The van der Waals surface area contributed by atoms with E-state index in [1.54, 1.807) is 28.8 Å². The van der Waals surface area contributed by atoms with Gasteiger partial charge in [0.25, 0.3) is 0 Å². The van der Waals surface area contributed by atoms with Crippen molar-refractivity contribution in [1.82, 2.24) is 4.90 Å². The van der Waals surface area contributed by atoms with Crippen LogP contribution in [0.3, 0.4) is 0 Å². The molecule has 3 rings (SSSR count). The topological polar surface area (TPSA) is 67.9 Å². The zero-order chi connectivity index (χ0) is 17.5. The van der Waals surface area contributed by atoms with Crippen LogP contribution in [-0.2, 0) is 9.59 Å². The van der Waals surface area contributed by atoms with E-state index >= 15 is 0 Å². The maximum Gasteiger partial charge on any atom is 0.248 e. The van der Waals surface area contributed by atoms with E-state index < -0.39 is 6.04 Å². The molecule has 2 aliphatic heterocycles. The minimum absolute atomic E-state index is 0.0300. The Morgan fingerprint density at radius 1 is 1.38 bits per heavy atom. The number of amides is 2. The summed E-state index contributed by atoms with van der Waals surface area (Å²) >= 11 is 7.79. The van der Waals surface area contributed by atoms with Gasteiger partial charge < -0.3 is 19.7 Å². The third-order valence-corrected chi connectivity index (χ3v) is 6.28. The lowest BCUT2D eigenvalue weighted by molar-refractivity contribution is -0.135. The molecule has 24 heavy (non-hydrogen) atoms. The molecule has 1 aromatic rings. The van der Waals surface area contributed by atoms with Gasteiger partial charge >= 0.3 is 0 Å². The van der Waals surface area contributed by atoms with Crippen molar-refractivity contribution in [2.45, 2.75) is 30.7 Å². The van der Waals surface area contributed by atoms with Crippen molar-refractivity contribution in [2.24, 2.45) is 0 Å². The normalized spacial score (nSPS) is 25.6. The Balaban J connectivity index is 1.83. The lowest BCUT2D eigenvalue weighted by atomic mass is 10.2. The molecule has 0 spiro atoms. The molecular weight excluding hydrogens is 352 g/mol. The van der Waals surface area contributed by atoms with Gasteiger partial charge in [0.15, 0.2) is 0 Å². The number of anilines is 1. The lowest BCUT2D eigenvalue weighted by Gasteiger charge is -2.30. The van der Waals surface area contributed by atoms with Gasteiger partial charge in [-0.3, -0.25) is 9.59 Å². The van der Waals surface area contributed by atoms with Crippen LogP contribution in [0.5, 0.6) is 11.5 Å². The van der Waals surface area contributed by atoms with Gasteiger partial charge in [0, 0.05) is 18.2 Å². The molecule has 0 aromatic heterocycles. The Morgan fingerprint density at radius 2 is 2.08 bits per heavy atom. The average molecular weight is 371 g/mol. The first kappa shape index (κ1) is 17.2. The van der Waals surface area contributed by atoms with Crippen LogP contribution < -0.4 is 14.8 Å². The SMILES string of the molecule is COc1cc(OC)c(NC(=O)[C@H]2CS[C@@]3(C)CCC(=O)N23)cc1Cl. The molecule has 0 saturated carbocycles. The molecule has 0 unspecified atom stereocenters. The average Bonchev–Trinajstić information content (AvgIpc) is 3.04. The third kappa shape index (κ3) is 2.80. The zero-order valence-corrected chi connectivity index (χ0v) is 15.3. The van der Waals surface area contributed by atoms with Crippen molar-refractivity contribution in [3.05, 3.63) is 17.2 Å². The van der Waals surface area contributed by atoms with Crippen molar-refractivity contribution in [2.75, 3.05) is 25.3 Å². The number of ether oxygens (including phenoxy) is 2. The summed E-state index contributed by atoms with van der Waals surface area (Å²) in [5, 5.41) is 3.21. The number of nitrogens with zero attached hydrogens (tertiary/aromatic N) is 1. The van der Waals surface area contributed by atoms with Crippen LogP contribution >= 0.6 is 23.4 Å². The molecule has 1 aromatic carbocycles. The van der Waals surface area contributed by atoms with Crippen LogP contribution in [0, 0.1) is 0 Å². The van der Waals surface area contributed by atoms with E-state index in [2.05, 4.69) is 5.32 Å². The summed E-state index contributed by atoms with van der Waals surface area (Å²) in [6.45, 7) is 2.01. The molecule has 0 radical (unpaired) electrons. The van der Waals surface area contributed by atoms with E-state index in [-0.39, 0.29) is 16.7 Å². The number of halogens is 1. The molecule has 0 aliphatic carbocycles. The molecule has 8 heteroatoms. The molecule has 6 nitrogen and oxygen atoms in total. The second kappa shape index (κ2) is 6.37. The van der Waals surface area contributed by atoms with E-state index in [1.165, 1.54) is 14.2 Å². The fourth-order valence-corrected chi connectivity index (χ4v) is 4.86. The van der Waals surface area contributed by atoms with E-state index in [4.69, 9.17) is 21.1 Å². The molecule has 2 saturated heterocycles. The third-order valence-electron chi connectivity index (χ3n) is 4.48. The summed E-state index contributed by atoms with van der Waals surface area (Å²) in [6, 6.07) is 2.72. The van der Waals surface area contributed by atoms with Gasteiger partial charge in [-0.05, 0) is 19.4 Å². The molecule has 0 bridgehead atoms. The maximum absolute atomic E-state index is 12.7. The summed E-state index contributed by atoms with van der Waals surface area (Å²) in [4.78, 5) is 26.3. The quantitative estimate of drug-likeness (QED) is 0.882. The minimum atomic E-state index is -0.486. The van der Waals surface area contributed by atoms with Gasteiger partial charge in [-0.25, -0.2) is 0 Å². The fourth-order valence-electron chi connectivity index (χ4n) is 3.19. The van der Waals surface area contributed by atoms with Crippen molar-refractivity contribution < 1.29 is 19.1 Å². The second-order valence-corrected chi connectivity index (χ2v) is 7.85. The summed E-state index contributed by atoms with van der Waals surface area (Å²) in [7, 11) is 3.01. The molecule has 2 atom stereocenters. The van der Waals surface area contributed by atoms with Crippen LogP contribution in [0.4, 0.5) is 5.69 Å². The Kier molecular flexibility index (Phi) is 4.57. The van der Waals surface area contributed by atoms with Crippen molar-refractivity contribution in [3.8, 4) is 11.5 Å².